The fraction of sp³-hybridized carbons (Fsp3) is 0.368. The van der Waals surface area contributed by atoms with E-state index in [0.717, 1.165) is 14.7 Å². The van der Waals surface area contributed by atoms with Gasteiger partial charge in [-0.1, -0.05) is 12.1 Å². The fourth-order valence-electron chi connectivity index (χ4n) is 3.25. The zero-order chi connectivity index (χ0) is 20.6. The lowest BCUT2D eigenvalue weighted by Crippen LogP contribution is -2.39. The van der Waals surface area contributed by atoms with Gasteiger partial charge < -0.3 is 9.84 Å². The zero-order valence-corrected chi connectivity index (χ0v) is 16.2. The fourth-order valence-corrected chi connectivity index (χ4v) is 3.25. The van der Waals surface area contributed by atoms with Crippen LogP contribution >= 0.6 is 0 Å². The number of amides is 1. The van der Waals surface area contributed by atoms with Gasteiger partial charge in [0.1, 0.15) is 11.3 Å². The Morgan fingerprint density at radius 1 is 1.21 bits per heavy atom. The van der Waals surface area contributed by atoms with Crippen molar-refractivity contribution in [1.29, 1.82) is 0 Å². The topological polar surface area (TPSA) is 106 Å². The number of nitrogens with zero attached hydrogens (tertiary/aromatic N) is 4. The lowest BCUT2D eigenvalue weighted by Gasteiger charge is -2.20. The second-order valence-electron chi connectivity index (χ2n) is 6.54. The minimum Gasteiger partial charge on any atom is -0.494 e. The zero-order valence-electron chi connectivity index (χ0n) is 16.2. The maximum atomic E-state index is 12.6. The Labute approximate surface area is 161 Å². The predicted octanol–water partition coefficient (Wildman–Crippen LogP) is 0.886. The SMILES string of the molecule is CCOc1ccc([C@H]2CC(c3c(O)n(C)c(=O)n(C)c3=O)=NN2C(C)=O)cc1. The summed E-state index contributed by atoms with van der Waals surface area (Å²) in [5, 5.41) is 15.9. The molecule has 1 aromatic heterocycles. The number of aromatic nitrogens is 2. The number of hydrogen-bond donors (Lipinski definition) is 1. The van der Waals surface area contributed by atoms with Crippen molar-refractivity contribution in [2.75, 3.05) is 6.61 Å². The molecule has 1 N–H and O–H groups in total. The number of aromatic hydroxyl groups is 1. The maximum absolute atomic E-state index is 12.6. The highest BCUT2D eigenvalue weighted by atomic mass is 16.5. The first kappa shape index (κ1) is 19.4. The molecule has 0 unspecified atom stereocenters. The average molecular weight is 386 g/mol. The Morgan fingerprint density at radius 2 is 1.86 bits per heavy atom. The standard InChI is InChI=1S/C19H22N4O5/c1-5-28-13-8-6-12(7-9-13)15-10-14(20-23(15)11(2)24)16-17(25)21(3)19(27)22(4)18(16)26/h6-9,15,25H,5,10H2,1-4H3/t15-/m1/s1. The minimum atomic E-state index is -0.657. The van der Waals surface area contributed by atoms with Crippen LogP contribution in [0.5, 0.6) is 11.6 Å². The Balaban J connectivity index is 2.05. The van der Waals surface area contributed by atoms with E-state index in [2.05, 4.69) is 5.10 Å². The lowest BCUT2D eigenvalue weighted by molar-refractivity contribution is -0.130. The van der Waals surface area contributed by atoms with Gasteiger partial charge in [-0.25, -0.2) is 9.80 Å². The first-order chi connectivity index (χ1) is 13.3. The van der Waals surface area contributed by atoms with E-state index in [1.165, 1.54) is 26.0 Å². The summed E-state index contributed by atoms with van der Waals surface area (Å²) < 4.78 is 7.32. The van der Waals surface area contributed by atoms with E-state index in [4.69, 9.17) is 4.74 Å². The van der Waals surface area contributed by atoms with E-state index in [0.29, 0.717) is 12.4 Å². The molecule has 28 heavy (non-hydrogen) atoms. The average Bonchev–Trinajstić information content (AvgIpc) is 3.11. The van der Waals surface area contributed by atoms with Crippen molar-refractivity contribution in [3.63, 3.8) is 0 Å². The van der Waals surface area contributed by atoms with Crippen LogP contribution in [0.1, 0.15) is 37.4 Å². The van der Waals surface area contributed by atoms with Gasteiger partial charge in [-0.15, -0.1) is 0 Å². The third-order valence-electron chi connectivity index (χ3n) is 4.73. The van der Waals surface area contributed by atoms with Crippen LogP contribution in [0.3, 0.4) is 0 Å². The van der Waals surface area contributed by atoms with Gasteiger partial charge in [-0.05, 0) is 24.6 Å². The van der Waals surface area contributed by atoms with Gasteiger partial charge in [0.15, 0.2) is 0 Å². The van der Waals surface area contributed by atoms with E-state index in [1.807, 2.05) is 19.1 Å². The van der Waals surface area contributed by atoms with Crippen molar-refractivity contribution in [1.82, 2.24) is 14.1 Å². The highest BCUT2D eigenvalue weighted by Gasteiger charge is 2.34. The number of carbonyl (C=O) groups excluding carboxylic acids is 1. The van der Waals surface area contributed by atoms with Crippen molar-refractivity contribution in [2.24, 2.45) is 19.2 Å². The van der Waals surface area contributed by atoms with Crippen LogP contribution in [0.15, 0.2) is 39.0 Å². The van der Waals surface area contributed by atoms with Crippen LogP contribution in [0.25, 0.3) is 0 Å². The summed E-state index contributed by atoms with van der Waals surface area (Å²) in [6, 6.07) is 6.85. The van der Waals surface area contributed by atoms with E-state index in [1.54, 1.807) is 12.1 Å². The summed E-state index contributed by atoms with van der Waals surface area (Å²) in [6.07, 6.45) is 0.231. The number of hydrogen-bond acceptors (Lipinski definition) is 6. The molecule has 0 spiro atoms. The van der Waals surface area contributed by atoms with Gasteiger partial charge in [0.05, 0.1) is 18.4 Å². The largest absolute Gasteiger partial charge is 0.494 e. The normalized spacial score (nSPS) is 16.2. The second-order valence-corrected chi connectivity index (χ2v) is 6.54. The van der Waals surface area contributed by atoms with Gasteiger partial charge >= 0.3 is 5.69 Å². The highest BCUT2D eigenvalue weighted by molar-refractivity contribution is 6.04. The molecule has 3 rings (SSSR count). The third-order valence-corrected chi connectivity index (χ3v) is 4.73. The molecular formula is C19H22N4O5. The van der Waals surface area contributed by atoms with Crippen molar-refractivity contribution in [3.8, 4) is 11.6 Å². The number of carbonyl (C=O) groups is 1. The van der Waals surface area contributed by atoms with E-state index in [-0.39, 0.29) is 23.6 Å². The number of hydrazone groups is 1. The van der Waals surface area contributed by atoms with E-state index < -0.39 is 23.2 Å². The molecule has 1 aromatic carbocycles. The molecule has 0 aliphatic carbocycles. The Kier molecular flexibility index (Phi) is 5.08. The molecule has 2 heterocycles. The summed E-state index contributed by atoms with van der Waals surface area (Å²) in [5.41, 5.74) is -0.308. The Bertz CT molecular complexity index is 1070. The molecule has 0 fully saturated rings. The van der Waals surface area contributed by atoms with Crippen LogP contribution in [0.2, 0.25) is 0 Å². The first-order valence-corrected chi connectivity index (χ1v) is 8.85. The van der Waals surface area contributed by atoms with Gasteiger partial charge in [-0.2, -0.15) is 5.10 Å². The van der Waals surface area contributed by atoms with Crippen LogP contribution in [0, 0.1) is 0 Å². The number of benzene rings is 1. The monoisotopic (exact) mass is 386 g/mol. The summed E-state index contributed by atoms with van der Waals surface area (Å²) >= 11 is 0. The smallest absolute Gasteiger partial charge is 0.333 e. The van der Waals surface area contributed by atoms with Crippen molar-refractivity contribution in [2.45, 2.75) is 26.3 Å². The van der Waals surface area contributed by atoms with Gasteiger partial charge in [0.2, 0.25) is 11.8 Å². The van der Waals surface area contributed by atoms with Crippen molar-refractivity contribution in [3.05, 3.63) is 56.2 Å². The molecule has 148 valence electrons. The summed E-state index contributed by atoms with van der Waals surface area (Å²) in [6.45, 7) is 3.82. The molecule has 1 aliphatic heterocycles. The first-order valence-electron chi connectivity index (χ1n) is 8.85. The van der Waals surface area contributed by atoms with Crippen LogP contribution in [0.4, 0.5) is 0 Å². The summed E-state index contributed by atoms with van der Waals surface area (Å²) in [5.74, 6) is -0.0537. The Morgan fingerprint density at radius 3 is 2.43 bits per heavy atom. The second kappa shape index (κ2) is 7.34. The molecule has 1 amide bonds. The molecule has 0 saturated heterocycles. The van der Waals surface area contributed by atoms with Crippen molar-refractivity contribution >= 4 is 11.6 Å². The molecule has 9 heteroatoms. The molecule has 9 nitrogen and oxygen atoms in total. The molecule has 0 bridgehead atoms. The summed E-state index contributed by atoms with van der Waals surface area (Å²) in [7, 11) is 2.69. The molecular weight excluding hydrogens is 364 g/mol. The van der Waals surface area contributed by atoms with Gasteiger partial charge in [0.25, 0.3) is 5.56 Å². The van der Waals surface area contributed by atoms with Gasteiger partial charge in [-0.3, -0.25) is 18.7 Å². The Hall–Kier alpha value is -3.36. The predicted molar refractivity (Wildman–Crippen MR) is 103 cm³/mol. The molecule has 1 atom stereocenters. The molecule has 0 saturated carbocycles. The lowest BCUT2D eigenvalue weighted by atomic mass is 9.99. The molecule has 2 aromatic rings. The van der Waals surface area contributed by atoms with Crippen molar-refractivity contribution < 1.29 is 14.6 Å². The maximum Gasteiger partial charge on any atom is 0.333 e. The summed E-state index contributed by atoms with van der Waals surface area (Å²) in [4.78, 5) is 36.7. The number of ether oxygens (including phenoxy) is 1. The molecule has 0 radical (unpaired) electrons. The van der Waals surface area contributed by atoms with Gasteiger partial charge in [0, 0.05) is 27.4 Å². The van der Waals surface area contributed by atoms with E-state index >= 15 is 0 Å². The minimum absolute atomic E-state index is 0.0794. The van der Waals surface area contributed by atoms with Crippen LogP contribution in [-0.4, -0.2) is 37.5 Å². The van der Waals surface area contributed by atoms with E-state index in [9.17, 15) is 19.5 Å². The quantitative estimate of drug-likeness (QED) is 0.840. The third kappa shape index (κ3) is 3.19. The highest BCUT2D eigenvalue weighted by Crippen LogP contribution is 2.34. The van der Waals surface area contributed by atoms with Crippen LogP contribution < -0.4 is 16.0 Å². The molecule has 1 aliphatic rings. The van der Waals surface area contributed by atoms with Crippen LogP contribution in [-0.2, 0) is 18.9 Å². The number of rotatable bonds is 4.